The van der Waals surface area contributed by atoms with Crippen molar-refractivity contribution in [2.45, 2.75) is 13.3 Å². The normalized spacial score (nSPS) is 10.8. The molecule has 3 rings (SSSR count). The summed E-state index contributed by atoms with van der Waals surface area (Å²) in [5.74, 6) is -0.544. The number of hydrogen-bond acceptors (Lipinski definition) is 3. The van der Waals surface area contributed by atoms with Crippen LogP contribution in [0.1, 0.15) is 21.5 Å². The van der Waals surface area contributed by atoms with E-state index in [1.807, 2.05) is 37.3 Å². The summed E-state index contributed by atoms with van der Waals surface area (Å²) in [4.78, 5) is 25.7. The number of rotatable bonds is 4. The van der Waals surface area contributed by atoms with Crippen molar-refractivity contribution in [2.24, 2.45) is 0 Å². The first-order valence-corrected chi connectivity index (χ1v) is 7.08. The molecule has 0 radical (unpaired) electrons. The van der Waals surface area contributed by atoms with Crippen LogP contribution < -0.4 is 11.1 Å². The number of oxazole rings is 1. The quantitative estimate of drug-likeness (QED) is 0.776. The highest BCUT2D eigenvalue weighted by molar-refractivity contribution is 5.94. The number of amides is 1. The van der Waals surface area contributed by atoms with E-state index in [4.69, 9.17) is 4.42 Å². The second-order valence-electron chi connectivity index (χ2n) is 5.22. The fraction of sp³-hybridized carbons (Fsp3) is 0.176. The molecule has 0 unspecified atom stereocenters. The van der Waals surface area contributed by atoms with Crippen molar-refractivity contribution in [3.05, 3.63) is 69.7 Å². The molecule has 2 aromatic carbocycles. The first kappa shape index (κ1) is 14.1. The predicted molar refractivity (Wildman–Crippen MR) is 84.1 cm³/mol. The van der Waals surface area contributed by atoms with Gasteiger partial charge in [-0.25, -0.2) is 4.79 Å². The SMILES string of the molecule is Cc1cccc(C(=O)NCCc2ccc3[nH]c(=O)oc3c2)c1. The number of aromatic amines is 1. The molecule has 1 heterocycles. The second kappa shape index (κ2) is 5.89. The number of aryl methyl sites for hydroxylation is 1. The van der Waals surface area contributed by atoms with E-state index in [-0.39, 0.29) is 5.91 Å². The Balaban J connectivity index is 1.62. The number of carbonyl (C=O) groups excluding carboxylic acids is 1. The lowest BCUT2D eigenvalue weighted by molar-refractivity contribution is 0.0954. The number of H-pyrrole nitrogens is 1. The lowest BCUT2D eigenvalue weighted by Crippen LogP contribution is -2.25. The van der Waals surface area contributed by atoms with Gasteiger partial charge in [0, 0.05) is 12.1 Å². The third-order valence-electron chi connectivity index (χ3n) is 3.46. The minimum atomic E-state index is -0.458. The Morgan fingerprint density at radius 2 is 2.09 bits per heavy atom. The summed E-state index contributed by atoms with van der Waals surface area (Å²) in [6.07, 6.45) is 0.669. The second-order valence-corrected chi connectivity index (χ2v) is 5.22. The van der Waals surface area contributed by atoms with Gasteiger partial charge in [-0.05, 0) is 43.2 Å². The maximum Gasteiger partial charge on any atom is 0.417 e. The molecule has 112 valence electrons. The van der Waals surface area contributed by atoms with Crippen LogP contribution in [0.25, 0.3) is 11.1 Å². The van der Waals surface area contributed by atoms with E-state index in [2.05, 4.69) is 10.3 Å². The van der Waals surface area contributed by atoms with Crippen molar-refractivity contribution in [2.75, 3.05) is 6.54 Å². The van der Waals surface area contributed by atoms with Crippen LogP contribution in [0.3, 0.4) is 0 Å². The maximum absolute atomic E-state index is 12.0. The molecule has 0 aliphatic carbocycles. The standard InChI is InChI=1S/C17H16N2O3/c1-11-3-2-4-13(9-11)16(20)18-8-7-12-5-6-14-15(10-12)22-17(21)19-14/h2-6,9-10H,7-8H2,1H3,(H,18,20)(H,19,21). The van der Waals surface area contributed by atoms with Gasteiger partial charge < -0.3 is 9.73 Å². The Labute approximate surface area is 127 Å². The molecule has 0 aliphatic rings. The van der Waals surface area contributed by atoms with Gasteiger partial charge in [0.1, 0.15) is 0 Å². The predicted octanol–water partition coefficient (Wildman–Crippen LogP) is 2.40. The minimum Gasteiger partial charge on any atom is -0.408 e. The van der Waals surface area contributed by atoms with Crippen LogP contribution >= 0.6 is 0 Å². The molecule has 5 nitrogen and oxygen atoms in total. The maximum atomic E-state index is 12.0. The average Bonchev–Trinajstić information content (AvgIpc) is 2.86. The number of aromatic nitrogens is 1. The third-order valence-corrected chi connectivity index (χ3v) is 3.46. The van der Waals surface area contributed by atoms with Crippen LogP contribution in [0.15, 0.2) is 51.7 Å². The van der Waals surface area contributed by atoms with Crippen LogP contribution in [0.4, 0.5) is 0 Å². The largest absolute Gasteiger partial charge is 0.417 e. The molecule has 0 saturated carbocycles. The van der Waals surface area contributed by atoms with E-state index in [1.165, 1.54) is 0 Å². The molecule has 5 heteroatoms. The van der Waals surface area contributed by atoms with Gasteiger partial charge in [-0.1, -0.05) is 23.8 Å². The summed E-state index contributed by atoms with van der Waals surface area (Å²) in [6, 6.07) is 13.0. The Morgan fingerprint density at radius 3 is 2.91 bits per heavy atom. The monoisotopic (exact) mass is 296 g/mol. The van der Waals surface area contributed by atoms with Crippen molar-refractivity contribution in [1.82, 2.24) is 10.3 Å². The van der Waals surface area contributed by atoms with Crippen LogP contribution in [-0.4, -0.2) is 17.4 Å². The lowest BCUT2D eigenvalue weighted by Gasteiger charge is -2.06. The molecular weight excluding hydrogens is 280 g/mol. The zero-order chi connectivity index (χ0) is 15.5. The molecule has 0 saturated heterocycles. The molecular formula is C17H16N2O3. The smallest absolute Gasteiger partial charge is 0.408 e. The molecule has 1 aromatic heterocycles. The zero-order valence-corrected chi connectivity index (χ0v) is 12.2. The van der Waals surface area contributed by atoms with Gasteiger partial charge in [-0.2, -0.15) is 0 Å². The number of benzene rings is 2. The highest BCUT2D eigenvalue weighted by Crippen LogP contribution is 2.12. The molecule has 3 aromatic rings. The van der Waals surface area contributed by atoms with Crippen molar-refractivity contribution in [1.29, 1.82) is 0 Å². The van der Waals surface area contributed by atoms with Crippen LogP contribution in [0, 0.1) is 6.92 Å². The lowest BCUT2D eigenvalue weighted by atomic mass is 10.1. The number of fused-ring (bicyclic) bond motifs is 1. The van der Waals surface area contributed by atoms with E-state index in [1.54, 1.807) is 12.1 Å². The fourth-order valence-corrected chi connectivity index (χ4v) is 2.35. The Morgan fingerprint density at radius 1 is 1.23 bits per heavy atom. The van der Waals surface area contributed by atoms with Gasteiger partial charge in [-0.3, -0.25) is 9.78 Å². The van der Waals surface area contributed by atoms with Crippen molar-refractivity contribution in [3.8, 4) is 0 Å². The topological polar surface area (TPSA) is 75.1 Å². The van der Waals surface area contributed by atoms with Gasteiger partial charge in [-0.15, -0.1) is 0 Å². The van der Waals surface area contributed by atoms with E-state index in [0.717, 1.165) is 11.1 Å². The number of hydrogen-bond donors (Lipinski definition) is 2. The van der Waals surface area contributed by atoms with Crippen LogP contribution in [-0.2, 0) is 6.42 Å². The summed E-state index contributed by atoms with van der Waals surface area (Å²) in [7, 11) is 0. The molecule has 0 bridgehead atoms. The van der Waals surface area contributed by atoms with Gasteiger partial charge >= 0.3 is 5.76 Å². The van der Waals surface area contributed by atoms with Gasteiger partial charge in [0.25, 0.3) is 5.91 Å². The molecule has 0 spiro atoms. The first-order chi connectivity index (χ1) is 10.6. The Kier molecular flexibility index (Phi) is 3.78. The summed E-state index contributed by atoms with van der Waals surface area (Å²) in [5, 5.41) is 2.89. The van der Waals surface area contributed by atoms with Crippen LogP contribution in [0.5, 0.6) is 0 Å². The summed E-state index contributed by atoms with van der Waals surface area (Å²) in [5.41, 5.74) is 3.93. The van der Waals surface area contributed by atoms with Crippen LogP contribution in [0.2, 0.25) is 0 Å². The van der Waals surface area contributed by atoms with Gasteiger partial charge in [0.2, 0.25) is 0 Å². The molecule has 0 aliphatic heterocycles. The Bertz CT molecular complexity index is 877. The number of carbonyl (C=O) groups is 1. The molecule has 22 heavy (non-hydrogen) atoms. The average molecular weight is 296 g/mol. The van der Waals surface area contributed by atoms with Crippen molar-refractivity contribution in [3.63, 3.8) is 0 Å². The van der Waals surface area contributed by atoms with Crippen molar-refractivity contribution < 1.29 is 9.21 Å². The van der Waals surface area contributed by atoms with E-state index >= 15 is 0 Å². The van der Waals surface area contributed by atoms with Gasteiger partial charge in [0.05, 0.1) is 5.52 Å². The molecule has 0 atom stereocenters. The Hall–Kier alpha value is -2.82. The van der Waals surface area contributed by atoms with Crippen molar-refractivity contribution >= 4 is 17.0 Å². The highest BCUT2D eigenvalue weighted by Gasteiger charge is 2.06. The first-order valence-electron chi connectivity index (χ1n) is 7.08. The third kappa shape index (κ3) is 3.09. The van der Waals surface area contributed by atoms with E-state index < -0.39 is 5.76 Å². The van der Waals surface area contributed by atoms with Gasteiger partial charge in [0.15, 0.2) is 5.58 Å². The minimum absolute atomic E-state index is 0.0852. The summed E-state index contributed by atoms with van der Waals surface area (Å²) >= 11 is 0. The zero-order valence-electron chi connectivity index (χ0n) is 12.2. The highest BCUT2D eigenvalue weighted by atomic mass is 16.4. The molecule has 2 N–H and O–H groups in total. The fourth-order valence-electron chi connectivity index (χ4n) is 2.35. The number of nitrogens with one attached hydrogen (secondary N) is 2. The summed E-state index contributed by atoms with van der Waals surface area (Å²) < 4.78 is 5.02. The molecule has 1 amide bonds. The van der Waals surface area contributed by atoms with E-state index in [0.29, 0.717) is 29.6 Å². The summed E-state index contributed by atoms with van der Waals surface area (Å²) in [6.45, 7) is 2.48. The van der Waals surface area contributed by atoms with E-state index in [9.17, 15) is 9.59 Å². The molecule has 0 fully saturated rings.